The highest BCUT2D eigenvalue weighted by Crippen LogP contribution is 2.27. The monoisotopic (exact) mass is 397 g/mol. The fourth-order valence-electron chi connectivity index (χ4n) is 2.91. The number of benzene rings is 2. The summed E-state index contributed by atoms with van der Waals surface area (Å²) in [5.41, 5.74) is 2.15. The van der Waals surface area contributed by atoms with Crippen molar-refractivity contribution in [3.05, 3.63) is 77.4 Å². The average Bonchev–Trinajstić information content (AvgIpc) is 3.10. The van der Waals surface area contributed by atoms with E-state index in [9.17, 15) is 18.7 Å². The first-order valence-electron chi connectivity index (χ1n) is 9.21. The molecule has 0 bridgehead atoms. The zero-order chi connectivity index (χ0) is 21.0. The Kier molecular flexibility index (Phi) is 5.87. The van der Waals surface area contributed by atoms with Crippen LogP contribution in [-0.2, 0) is 12.5 Å². The number of carboxylic acid groups (broad SMARTS) is 1. The summed E-state index contributed by atoms with van der Waals surface area (Å²) >= 11 is 0. The van der Waals surface area contributed by atoms with Crippen molar-refractivity contribution in [1.29, 1.82) is 0 Å². The molecule has 0 spiro atoms. The molecule has 0 atom stereocenters. The van der Waals surface area contributed by atoms with Gasteiger partial charge in [-0.3, -0.25) is 0 Å². The van der Waals surface area contributed by atoms with Crippen molar-refractivity contribution < 1.29 is 18.7 Å². The maximum Gasteiger partial charge on any atom is 0.336 e. The van der Waals surface area contributed by atoms with Crippen molar-refractivity contribution in [2.75, 3.05) is 0 Å². The predicted molar refractivity (Wildman–Crippen MR) is 107 cm³/mol. The molecule has 0 unspecified atom stereocenters. The van der Waals surface area contributed by atoms with E-state index in [2.05, 4.69) is 10.1 Å². The van der Waals surface area contributed by atoms with Crippen molar-refractivity contribution in [3.8, 4) is 11.1 Å². The van der Waals surface area contributed by atoms with Gasteiger partial charge in [-0.1, -0.05) is 55.5 Å². The maximum absolute atomic E-state index is 13.7. The Labute approximate surface area is 167 Å². The Morgan fingerprint density at radius 3 is 2.55 bits per heavy atom. The van der Waals surface area contributed by atoms with E-state index in [1.54, 1.807) is 30.4 Å². The lowest BCUT2D eigenvalue weighted by Gasteiger charge is -2.10. The number of allylic oxidation sites excluding steroid dienone is 1. The van der Waals surface area contributed by atoms with Crippen LogP contribution in [0.15, 0.2) is 54.6 Å². The van der Waals surface area contributed by atoms with Gasteiger partial charge < -0.3 is 5.11 Å². The molecule has 3 rings (SSSR count). The number of hydrogen-bond donors (Lipinski definition) is 1. The Hall–Kier alpha value is -3.35. The lowest BCUT2D eigenvalue weighted by Crippen LogP contribution is -2.11. The van der Waals surface area contributed by atoms with Crippen LogP contribution in [0.2, 0.25) is 0 Å². The van der Waals surface area contributed by atoms with E-state index in [0.717, 1.165) is 18.9 Å². The van der Waals surface area contributed by atoms with Gasteiger partial charge in [-0.25, -0.2) is 14.5 Å². The van der Waals surface area contributed by atoms with E-state index in [-0.39, 0.29) is 12.1 Å². The number of alkyl halides is 2. The summed E-state index contributed by atoms with van der Waals surface area (Å²) in [6.45, 7) is 2.80. The molecule has 7 heteroatoms. The second-order valence-corrected chi connectivity index (χ2v) is 6.70. The summed E-state index contributed by atoms with van der Waals surface area (Å²) in [4.78, 5) is 15.7. The van der Waals surface area contributed by atoms with Crippen LogP contribution in [0, 0.1) is 0 Å². The van der Waals surface area contributed by atoms with Gasteiger partial charge in [-0.15, -0.1) is 5.10 Å². The molecule has 0 aliphatic heterocycles. The minimum atomic E-state index is -3.16. The molecule has 0 aliphatic carbocycles. The van der Waals surface area contributed by atoms with Gasteiger partial charge >= 0.3 is 11.9 Å². The fraction of sp³-hybridized carbons (Fsp3) is 0.227. The second kappa shape index (κ2) is 8.34. The van der Waals surface area contributed by atoms with Crippen molar-refractivity contribution in [2.24, 2.45) is 0 Å². The van der Waals surface area contributed by atoms with Crippen LogP contribution in [0.5, 0.6) is 0 Å². The Morgan fingerprint density at radius 1 is 1.21 bits per heavy atom. The molecule has 150 valence electrons. The van der Waals surface area contributed by atoms with Gasteiger partial charge in [-0.2, -0.15) is 8.78 Å². The standard InChI is InChI=1S/C22H21F2N3O2/c1-3-4-10-19-25-21(22(2,23)24)26-27(19)14-15-11-12-17(18(13-15)20(28)29)16-8-6-5-7-9-16/h4-13H,3,14H2,1-2H3,(H,28,29). The fourth-order valence-corrected chi connectivity index (χ4v) is 2.91. The molecule has 0 aliphatic rings. The summed E-state index contributed by atoms with van der Waals surface area (Å²) in [6.07, 6.45) is 4.16. The number of carboxylic acids is 1. The summed E-state index contributed by atoms with van der Waals surface area (Å²) in [7, 11) is 0. The molecule has 1 heterocycles. The van der Waals surface area contributed by atoms with Crippen LogP contribution in [0.3, 0.4) is 0 Å². The molecular weight excluding hydrogens is 376 g/mol. The van der Waals surface area contributed by atoms with Gasteiger partial charge in [0.2, 0.25) is 5.82 Å². The molecule has 1 N–H and O–H groups in total. The summed E-state index contributed by atoms with van der Waals surface area (Å²) in [5, 5.41) is 13.6. The normalized spacial score (nSPS) is 11.9. The van der Waals surface area contributed by atoms with Gasteiger partial charge in [-0.05, 0) is 35.3 Å². The highest BCUT2D eigenvalue weighted by atomic mass is 19.3. The van der Waals surface area contributed by atoms with Crippen molar-refractivity contribution in [3.63, 3.8) is 0 Å². The summed E-state index contributed by atoms with van der Waals surface area (Å²) in [5.74, 6) is -4.49. The first-order chi connectivity index (χ1) is 13.8. The van der Waals surface area contributed by atoms with Crippen LogP contribution in [0.25, 0.3) is 17.2 Å². The quantitative estimate of drug-likeness (QED) is 0.593. The molecule has 0 saturated heterocycles. The largest absolute Gasteiger partial charge is 0.478 e. The Bertz CT molecular complexity index is 1040. The van der Waals surface area contributed by atoms with Crippen LogP contribution in [0.4, 0.5) is 8.78 Å². The molecule has 0 fully saturated rings. The number of halogens is 2. The van der Waals surface area contributed by atoms with E-state index in [4.69, 9.17) is 0 Å². The average molecular weight is 397 g/mol. The van der Waals surface area contributed by atoms with E-state index in [0.29, 0.717) is 17.0 Å². The first kappa shape index (κ1) is 20.4. The Balaban J connectivity index is 2.00. The molecule has 0 radical (unpaired) electrons. The second-order valence-electron chi connectivity index (χ2n) is 6.70. The number of aromatic carboxylic acids is 1. The third kappa shape index (κ3) is 4.74. The predicted octanol–water partition coefficient (Wildman–Crippen LogP) is 5.23. The number of aromatic nitrogens is 3. The molecule has 5 nitrogen and oxygen atoms in total. The first-order valence-corrected chi connectivity index (χ1v) is 9.21. The van der Waals surface area contributed by atoms with E-state index in [1.807, 2.05) is 37.3 Å². The number of nitrogens with zero attached hydrogens (tertiary/aromatic N) is 3. The number of hydrogen-bond acceptors (Lipinski definition) is 3. The third-order valence-corrected chi connectivity index (χ3v) is 4.33. The minimum absolute atomic E-state index is 0.127. The molecule has 3 aromatic rings. The van der Waals surface area contributed by atoms with Crippen LogP contribution in [0.1, 0.15) is 47.8 Å². The zero-order valence-electron chi connectivity index (χ0n) is 16.1. The molecule has 2 aromatic carbocycles. The summed E-state index contributed by atoms with van der Waals surface area (Å²) < 4.78 is 28.7. The highest BCUT2D eigenvalue weighted by Gasteiger charge is 2.30. The SMILES string of the molecule is CCC=Cc1nc(C(C)(F)F)nn1Cc1ccc(-c2ccccc2)c(C(=O)O)c1. The third-order valence-electron chi connectivity index (χ3n) is 4.33. The molecule has 29 heavy (non-hydrogen) atoms. The van der Waals surface area contributed by atoms with Gasteiger partial charge in [0.05, 0.1) is 12.1 Å². The smallest absolute Gasteiger partial charge is 0.336 e. The number of carbonyl (C=O) groups is 1. The van der Waals surface area contributed by atoms with Gasteiger partial charge in [0.1, 0.15) is 0 Å². The topological polar surface area (TPSA) is 68.0 Å². The van der Waals surface area contributed by atoms with Crippen molar-refractivity contribution in [2.45, 2.75) is 32.7 Å². The Morgan fingerprint density at radius 2 is 1.93 bits per heavy atom. The summed E-state index contributed by atoms with van der Waals surface area (Å²) in [6, 6.07) is 14.2. The van der Waals surface area contributed by atoms with E-state index < -0.39 is 17.7 Å². The molecule has 0 amide bonds. The van der Waals surface area contributed by atoms with E-state index in [1.165, 1.54) is 4.68 Å². The lowest BCUT2D eigenvalue weighted by atomic mass is 9.97. The van der Waals surface area contributed by atoms with Gasteiger partial charge in [0, 0.05) is 6.92 Å². The lowest BCUT2D eigenvalue weighted by molar-refractivity contribution is 0.00758. The zero-order valence-corrected chi connectivity index (χ0v) is 16.1. The van der Waals surface area contributed by atoms with Crippen molar-refractivity contribution in [1.82, 2.24) is 14.8 Å². The highest BCUT2D eigenvalue weighted by molar-refractivity contribution is 5.96. The van der Waals surface area contributed by atoms with E-state index >= 15 is 0 Å². The molecule has 1 aromatic heterocycles. The van der Waals surface area contributed by atoms with Crippen LogP contribution >= 0.6 is 0 Å². The van der Waals surface area contributed by atoms with Gasteiger partial charge in [0.25, 0.3) is 0 Å². The molecular formula is C22H21F2N3O2. The van der Waals surface area contributed by atoms with Crippen LogP contribution < -0.4 is 0 Å². The number of rotatable bonds is 7. The van der Waals surface area contributed by atoms with Crippen molar-refractivity contribution >= 4 is 12.0 Å². The maximum atomic E-state index is 13.7. The minimum Gasteiger partial charge on any atom is -0.478 e. The van der Waals surface area contributed by atoms with Gasteiger partial charge in [0.15, 0.2) is 5.82 Å². The van der Waals surface area contributed by atoms with Crippen LogP contribution in [-0.4, -0.2) is 25.8 Å². The molecule has 0 saturated carbocycles.